The number of methoxy groups -OCH3 is 1. The normalized spacial score (nSPS) is 24.0. The first-order valence-corrected chi connectivity index (χ1v) is 11.0. The van der Waals surface area contributed by atoms with E-state index in [0.29, 0.717) is 12.6 Å². The van der Waals surface area contributed by atoms with Gasteiger partial charge in [0.2, 0.25) is 5.91 Å². The Hall–Kier alpha value is -1.55. The summed E-state index contributed by atoms with van der Waals surface area (Å²) in [5.74, 6) is 1.56. The smallest absolute Gasteiger partial charge is 0.243 e. The van der Waals surface area contributed by atoms with Crippen LogP contribution in [-0.4, -0.2) is 63.3 Å². The predicted octanol–water partition coefficient (Wildman–Crippen LogP) is 3.35. The minimum Gasteiger partial charge on any atom is -0.493 e. The Kier molecular flexibility index (Phi) is 9.42. The maximum atomic E-state index is 12.2. The zero-order valence-corrected chi connectivity index (χ0v) is 21.6. The van der Waals surface area contributed by atoms with Gasteiger partial charge in [0.15, 0.2) is 5.96 Å². The van der Waals surface area contributed by atoms with Crippen LogP contribution in [0.5, 0.6) is 5.75 Å². The first-order valence-electron chi connectivity index (χ1n) is 11.0. The van der Waals surface area contributed by atoms with E-state index in [4.69, 9.17) is 9.47 Å². The van der Waals surface area contributed by atoms with Crippen LogP contribution in [0.25, 0.3) is 0 Å². The number of nitrogens with zero attached hydrogens (tertiary/aromatic N) is 2. The average Bonchev–Trinajstić information content (AvgIpc) is 2.75. The van der Waals surface area contributed by atoms with Crippen molar-refractivity contribution in [1.29, 1.82) is 0 Å². The quantitative estimate of drug-likeness (QED) is 0.313. The lowest BCUT2D eigenvalue weighted by molar-refractivity contribution is -0.127. The van der Waals surface area contributed by atoms with Gasteiger partial charge in [0.1, 0.15) is 12.3 Å². The lowest BCUT2D eigenvalue weighted by Crippen LogP contribution is -2.65. The van der Waals surface area contributed by atoms with Crippen molar-refractivity contribution in [2.75, 3.05) is 34.4 Å². The summed E-state index contributed by atoms with van der Waals surface area (Å²) in [6.45, 7) is 5.20. The number of fused-ring (bicyclic) bond motifs is 1. The van der Waals surface area contributed by atoms with Crippen LogP contribution in [0.3, 0.4) is 0 Å². The van der Waals surface area contributed by atoms with E-state index < -0.39 is 0 Å². The highest BCUT2D eigenvalue weighted by Crippen LogP contribution is 2.48. The van der Waals surface area contributed by atoms with Gasteiger partial charge in [0.05, 0.1) is 18.8 Å². The summed E-state index contributed by atoms with van der Waals surface area (Å²) < 4.78 is 11.5. The zero-order chi connectivity index (χ0) is 21.7. The summed E-state index contributed by atoms with van der Waals surface area (Å²) in [5, 5.41) is 7.20. The molecule has 0 radical (unpaired) electrons. The number of carbonyl (C=O) groups excluding carboxylic acids is 1. The largest absolute Gasteiger partial charge is 0.493 e. The molecule has 0 aromatic heterocycles. The monoisotopic (exact) mass is 544 g/mol. The van der Waals surface area contributed by atoms with Crippen molar-refractivity contribution in [3.05, 3.63) is 29.8 Å². The van der Waals surface area contributed by atoms with Crippen molar-refractivity contribution < 1.29 is 14.3 Å². The molecule has 7 nitrogen and oxygen atoms in total. The number of carbonyl (C=O) groups is 1. The Balaban J connectivity index is 0.00000341. The second-order valence-corrected chi connectivity index (χ2v) is 8.42. The first kappa shape index (κ1) is 25.7. The fourth-order valence-corrected chi connectivity index (χ4v) is 4.72. The summed E-state index contributed by atoms with van der Waals surface area (Å²) in [7, 11) is 5.30. The third kappa shape index (κ3) is 5.45. The lowest BCUT2D eigenvalue weighted by Gasteiger charge is -2.55. The van der Waals surface area contributed by atoms with E-state index in [0.717, 1.165) is 37.0 Å². The zero-order valence-electron chi connectivity index (χ0n) is 19.3. The predicted molar refractivity (Wildman–Crippen MR) is 134 cm³/mol. The van der Waals surface area contributed by atoms with Crippen molar-refractivity contribution in [3.8, 4) is 5.75 Å². The number of benzene rings is 1. The van der Waals surface area contributed by atoms with Gasteiger partial charge in [-0.05, 0) is 25.3 Å². The molecule has 1 heterocycles. The fraction of sp³-hybridized carbons (Fsp3) is 0.652. The summed E-state index contributed by atoms with van der Waals surface area (Å²) in [6.07, 6.45) is 4.09. The number of hydrogen-bond donors (Lipinski definition) is 2. The topological polar surface area (TPSA) is 75.2 Å². The van der Waals surface area contributed by atoms with Gasteiger partial charge in [-0.3, -0.25) is 4.79 Å². The van der Waals surface area contributed by atoms with E-state index in [2.05, 4.69) is 35.5 Å². The Labute approximate surface area is 203 Å². The second-order valence-electron chi connectivity index (χ2n) is 8.42. The summed E-state index contributed by atoms with van der Waals surface area (Å²) in [6, 6.07) is 8.44. The van der Waals surface area contributed by atoms with Gasteiger partial charge in [-0.1, -0.05) is 32.0 Å². The molecule has 1 aliphatic carbocycles. The number of hydrogen-bond acceptors (Lipinski definition) is 4. The van der Waals surface area contributed by atoms with Gasteiger partial charge in [0.25, 0.3) is 0 Å². The molecular weight excluding hydrogens is 507 g/mol. The molecule has 174 valence electrons. The third-order valence-corrected chi connectivity index (χ3v) is 6.84. The molecule has 0 spiro atoms. The maximum Gasteiger partial charge on any atom is 0.243 e. The minimum absolute atomic E-state index is 0. The molecule has 0 saturated heterocycles. The Morgan fingerprint density at radius 2 is 1.97 bits per heavy atom. The van der Waals surface area contributed by atoms with Crippen LogP contribution in [0.2, 0.25) is 0 Å². The van der Waals surface area contributed by atoms with Crippen LogP contribution < -0.4 is 15.4 Å². The number of amides is 1. The molecule has 1 aromatic rings. The van der Waals surface area contributed by atoms with Crippen molar-refractivity contribution >= 4 is 35.8 Å². The van der Waals surface area contributed by atoms with Crippen molar-refractivity contribution in [1.82, 2.24) is 15.5 Å². The molecule has 2 N–H and O–H groups in total. The van der Waals surface area contributed by atoms with E-state index in [9.17, 15) is 4.79 Å². The molecule has 2 aliphatic rings. The number of halogens is 1. The van der Waals surface area contributed by atoms with Gasteiger partial charge in [-0.15, -0.1) is 24.0 Å². The molecule has 31 heavy (non-hydrogen) atoms. The molecule has 3 atom stereocenters. The van der Waals surface area contributed by atoms with Crippen LogP contribution >= 0.6 is 24.0 Å². The third-order valence-electron chi connectivity index (χ3n) is 6.84. The Morgan fingerprint density at radius 3 is 2.61 bits per heavy atom. The Morgan fingerprint density at radius 1 is 1.26 bits per heavy atom. The van der Waals surface area contributed by atoms with Gasteiger partial charge in [-0.2, -0.15) is 0 Å². The van der Waals surface area contributed by atoms with E-state index in [-0.39, 0.29) is 60.0 Å². The lowest BCUT2D eigenvalue weighted by atomic mass is 9.58. The molecule has 0 bridgehead atoms. The molecule has 1 saturated carbocycles. The molecule has 1 aromatic carbocycles. The SMILES string of the molecule is CCC1(CC)C(NC(=NCC(=O)N(C)C)NC2CCOc3ccccc32)CC1OC.I. The molecule has 3 unspecified atom stereocenters. The van der Waals surface area contributed by atoms with Gasteiger partial charge in [0, 0.05) is 44.6 Å². The van der Waals surface area contributed by atoms with Crippen molar-refractivity contribution in [3.63, 3.8) is 0 Å². The summed E-state index contributed by atoms with van der Waals surface area (Å²) >= 11 is 0. The maximum absolute atomic E-state index is 12.2. The number of nitrogens with one attached hydrogen (secondary N) is 2. The number of rotatable bonds is 7. The molecule has 3 rings (SSSR count). The highest BCUT2D eigenvalue weighted by molar-refractivity contribution is 14.0. The van der Waals surface area contributed by atoms with E-state index >= 15 is 0 Å². The summed E-state index contributed by atoms with van der Waals surface area (Å²) in [5.41, 5.74) is 1.20. The number of likely N-dealkylation sites (N-methyl/N-ethyl adjacent to an activating group) is 1. The average molecular weight is 544 g/mol. The van der Waals surface area contributed by atoms with Crippen LogP contribution in [0.4, 0.5) is 0 Å². The van der Waals surface area contributed by atoms with Crippen LogP contribution in [0.1, 0.15) is 51.1 Å². The van der Waals surface area contributed by atoms with Gasteiger partial charge >= 0.3 is 0 Å². The van der Waals surface area contributed by atoms with E-state index in [1.54, 1.807) is 26.1 Å². The number of guanidine groups is 1. The minimum atomic E-state index is -0.0240. The van der Waals surface area contributed by atoms with Gasteiger partial charge in [-0.25, -0.2) is 4.99 Å². The van der Waals surface area contributed by atoms with Crippen molar-refractivity contribution in [2.45, 2.75) is 57.7 Å². The Bertz CT molecular complexity index is 767. The first-order chi connectivity index (χ1) is 14.4. The molecule has 1 fully saturated rings. The molecular formula is C23H37IN4O3. The number of ether oxygens (including phenoxy) is 2. The van der Waals surface area contributed by atoms with Gasteiger partial charge < -0.3 is 25.0 Å². The van der Waals surface area contributed by atoms with Crippen LogP contribution in [-0.2, 0) is 9.53 Å². The molecule has 1 aliphatic heterocycles. The number of aliphatic imine (C=N–C) groups is 1. The molecule has 8 heteroatoms. The van der Waals surface area contributed by atoms with Crippen molar-refractivity contribution in [2.24, 2.45) is 10.4 Å². The van der Waals surface area contributed by atoms with Crippen LogP contribution in [0, 0.1) is 5.41 Å². The number of para-hydroxylation sites is 1. The second kappa shape index (κ2) is 11.4. The standard InChI is InChI=1S/C23H36N4O3.HI/c1-6-23(7-2)19(14-20(23)29-5)26-22(24-15-21(28)27(3)4)25-17-12-13-30-18-11-9-8-10-16(17)18;/h8-11,17,19-20H,6-7,12-15H2,1-5H3,(H2,24,25,26);1H. The summed E-state index contributed by atoms with van der Waals surface area (Å²) in [4.78, 5) is 18.4. The highest BCUT2D eigenvalue weighted by atomic mass is 127. The highest BCUT2D eigenvalue weighted by Gasteiger charge is 2.53. The fourth-order valence-electron chi connectivity index (χ4n) is 4.72. The van der Waals surface area contributed by atoms with Crippen LogP contribution in [0.15, 0.2) is 29.3 Å². The van der Waals surface area contributed by atoms with E-state index in [1.807, 2.05) is 18.2 Å². The molecule has 1 amide bonds. The van der Waals surface area contributed by atoms with E-state index in [1.165, 1.54) is 0 Å².